The van der Waals surface area contributed by atoms with Gasteiger partial charge >= 0.3 is 0 Å². The Kier molecular flexibility index (Phi) is 2.37. The van der Waals surface area contributed by atoms with Crippen LogP contribution < -0.4 is 5.73 Å². The van der Waals surface area contributed by atoms with E-state index in [1.807, 2.05) is 0 Å². The van der Waals surface area contributed by atoms with Crippen LogP contribution in [0.3, 0.4) is 0 Å². The van der Waals surface area contributed by atoms with E-state index in [4.69, 9.17) is 5.73 Å². The molecule has 2 nitrogen and oxygen atoms in total. The Labute approximate surface area is 75.1 Å². The summed E-state index contributed by atoms with van der Waals surface area (Å²) in [5, 5.41) is 0. The van der Waals surface area contributed by atoms with Crippen molar-refractivity contribution in [1.82, 2.24) is 4.90 Å². The van der Waals surface area contributed by atoms with Crippen molar-refractivity contribution < 1.29 is 0 Å². The maximum Gasteiger partial charge on any atom is 0.0124 e. The minimum atomic E-state index is 0.877. The van der Waals surface area contributed by atoms with Gasteiger partial charge in [-0.3, -0.25) is 0 Å². The zero-order valence-electron chi connectivity index (χ0n) is 8.00. The number of fused-ring (bicyclic) bond motifs is 1. The van der Waals surface area contributed by atoms with Gasteiger partial charge in [0.25, 0.3) is 0 Å². The van der Waals surface area contributed by atoms with Crippen molar-refractivity contribution in [2.45, 2.75) is 31.7 Å². The summed E-state index contributed by atoms with van der Waals surface area (Å²) in [5.74, 6) is 1.89. The molecule has 0 bridgehead atoms. The maximum atomic E-state index is 5.62. The lowest BCUT2D eigenvalue weighted by atomic mass is 9.90. The fourth-order valence-corrected chi connectivity index (χ4v) is 3.23. The Morgan fingerprint density at radius 3 is 3.00 bits per heavy atom. The molecule has 2 heteroatoms. The van der Waals surface area contributed by atoms with E-state index in [-0.39, 0.29) is 0 Å². The molecule has 1 saturated heterocycles. The topological polar surface area (TPSA) is 29.3 Å². The van der Waals surface area contributed by atoms with Gasteiger partial charge in [0.05, 0.1) is 0 Å². The highest BCUT2D eigenvalue weighted by Gasteiger charge is 2.41. The minimum Gasteiger partial charge on any atom is -0.330 e. The van der Waals surface area contributed by atoms with Gasteiger partial charge < -0.3 is 10.6 Å². The molecule has 1 heterocycles. The van der Waals surface area contributed by atoms with Gasteiger partial charge in [0.2, 0.25) is 0 Å². The second kappa shape index (κ2) is 3.35. The second-order valence-corrected chi connectivity index (χ2v) is 4.44. The van der Waals surface area contributed by atoms with E-state index in [1.54, 1.807) is 0 Å². The van der Waals surface area contributed by atoms with Gasteiger partial charge in [0.1, 0.15) is 0 Å². The minimum absolute atomic E-state index is 0.877. The van der Waals surface area contributed by atoms with Crippen LogP contribution in [0.15, 0.2) is 0 Å². The molecule has 3 unspecified atom stereocenters. The van der Waals surface area contributed by atoms with Crippen LogP contribution in [0.2, 0.25) is 0 Å². The summed E-state index contributed by atoms with van der Waals surface area (Å²) in [6, 6.07) is 0.904. The van der Waals surface area contributed by atoms with Crippen LogP contribution in [0.1, 0.15) is 25.7 Å². The number of likely N-dealkylation sites (tertiary alicyclic amines) is 1. The molecule has 3 atom stereocenters. The van der Waals surface area contributed by atoms with Gasteiger partial charge in [-0.25, -0.2) is 0 Å². The van der Waals surface area contributed by atoms with Crippen LogP contribution >= 0.6 is 0 Å². The molecule has 0 aromatic rings. The van der Waals surface area contributed by atoms with Crippen LogP contribution in [0.25, 0.3) is 0 Å². The summed E-state index contributed by atoms with van der Waals surface area (Å²) in [7, 11) is 2.28. The predicted octanol–water partition coefficient (Wildman–Crippen LogP) is 1.07. The van der Waals surface area contributed by atoms with Gasteiger partial charge in [-0.05, 0) is 44.7 Å². The average Bonchev–Trinajstić information content (AvgIpc) is 2.58. The van der Waals surface area contributed by atoms with E-state index < -0.39 is 0 Å². The molecular formula is C10H20N2. The summed E-state index contributed by atoms with van der Waals surface area (Å²) in [4.78, 5) is 2.55. The molecule has 1 aliphatic carbocycles. The molecule has 2 N–H and O–H groups in total. The third-order valence-corrected chi connectivity index (χ3v) is 3.76. The largest absolute Gasteiger partial charge is 0.330 e. The molecule has 0 radical (unpaired) electrons. The van der Waals surface area contributed by atoms with Crippen LogP contribution in [-0.2, 0) is 0 Å². The molecule has 0 amide bonds. The lowest BCUT2D eigenvalue weighted by Gasteiger charge is -2.17. The van der Waals surface area contributed by atoms with Gasteiger partial charge in [-0.1, -0.05) is 6.42 Å². The lowest BCUT2D eigenvalue weighted by molar-refractivity contribution is 0.294. The zero-order chi connectivity index (χ0) is 8.55. The number of rotatable bonds is 2. The highest BCUT2D eigenvalue weighted by molar-refractivity contribution is 4.95. The van der Waals surface area contributed by atoms with E-state index in [0.29, 0.717) is 0 Å². The molecule has 0 spiro atoms. The summed E-state index contributed by atoms with van der Waals surface area (Å²) < 4.78 is 0. The first-order valence-electron chi connectivity index (χ1n) is 5.23. The van der Waals surface area contributed by atoms with Gasteiger partial charge in [0.15, 0.2) is 0 Å². The van der Waals surface area contributed by atoms with Crippen LogP contribution in [0.5, 0.6) is 0 Å². The number of nitrogens with two attached hydrogens (primary N) is 1. The van der Waals surface area contributed by atoms with Crippen molar-refractivity contribution in [2.75, 3.05) is 20.1 Å². The Bertz CT molecular complexity index is 158. The lowest BCUT2D eigenvalue weighted by Crippen LogP contribution is -2.25. The van der Waals surface area contributed by atoms with E-state index in [0.717, 1.165) is 24.4 Å². The quantitative estimate of drug-likeness (QED) is 0.668. The van der Waals surface area contributed by atoms with Crippen molar-refractivity contribution in [3.8, 4) is 0 Å². The standard InChI is InChI=1S/C10H20N2/c1-12-7-8(5-6-11)9-3-2-4-10(9)12/h8-10H,2-7,11H2,1H3. The predicted molar refractivity (Wildman–Crippen MR) is 50.9 cm³/mol. The van der Waals surface area contributed by atoms with Crippen molar-refractivity contribution in [2.24, 2.45) is 17.6 Å². The highest BCUT2D eigenvalue weighted by atomic mass is 15.2. The third kappa shape index (κ3) is 1.27. The van der Waals surface area contributed by atoms with Crippen molar-refractivity contribution in [3.63, 3.8) is 0 Å². The van der Waals surface area contributed by atoms with Gasteiger partial charge in [-0.2, -0.15) is 0 Å². The number of hydrogen-bond donors (Lipinski definition) is 1. The van der Waals surface area contributed by atoms with Crippen molar-refractivity contribution >= 4 is 0 Å². The first kappa shape index (κ1) is 8.52. The fraction of sp³-hybridized carbons (Fsp3) is 1.00. The van der Waals surface area contributed by atoms with Crippen molar-refractivity contribution in [3.05, 3.63) is 0 Å². The molecule has 12 heavy (non-hydrogen) atoms. The van der Waals surface area contributed by atoms with E-state index in [1.165, 1.54) is 32.2 Å². The Hall–Kier alpha value is -0.0800. The van der Waals surface area contributed by atoms with Crippen LogP contribution in [0.4, 0.5) is 0 Å². The molecule has 2 fully saturated rings. The highest BCUT2D eigenvalue weighted by Crippen LogP contribution is 2.41. The third-order valence-electron chi connectivity index (χ3n) is 3.76. The van der Waals surface area contributed by atoms with Gasteiger partial charge in [0, 0.05) is 12.6 Å². The number of nitrogens with zero attached hydrogens (tertiary/aromatic N) is 1. The SMILES string of the molecule is CN1CC(CCN)C2CCCC21. The normalized spacial score (nSPS) is 42.0. The first-order chi connectivity index (χ1) is 5.83. The van der Waals surface area contributed by atoms with Crippen molar-refractivity contribution in [1.29, 1.82) is 0 Å². The average molecular weight is 168 g/mol. The monoisotopic (exact) mass is 168 g/mol. The van der Waals surface area contributed by atoms with Crippen LogP contribution in [0, 0.1) is 11.8 Å². The second-order valence-electron chi connectivity index (χ2n) is 4.44. The molecule has 0 aromatic carbocycles. The zero-order valence-corrected chi connectivity index (χ0v) is 8.00. The molecule has 0 aromatic heterocycles. The summed E-state index contributed by atoms with van der Waals surface area (Å²) in [6.07, 6.45) is 5.58. The molecule has 1 aliphatic heterocycles. The molecular weight excluding hydrogens is 148 g/mol. The smallest absolute Gasteiger partial charge is 0.0124 e. The molecule has 2 aliphatic rings. The summed E-state index contributed by atoms with van der Waals surface area (Å²) in [6.45, 7) is 2.17. The Balaban J connectivity index is 1.99. The van der Waals surface area contributed by atoms with E-state index in [9.17, 15) is 0 Å². The van der Waals surface area contributed by atoms with Gasteiger partial charge in [-0.15, -0.1) is 0 Å². The summed E-state index contributed by atoms with van der Waals surface area (Å²) in [5.41, 5.74) is 5.62. The Morgan fingerprint density at radius 2 is 2.25 bits per heavy atom. The molecule has 70 valence electrons. The molecule has 1 saturated carbocycles. The number of hydrogen-bond acceptors (Lipinski definition) is 2. The summed E-state index contributed by atoms with van der Waals surface area (Å²) >= 11 is 0. The molecule has 2 rings (SSSR count). The Morgan fingerprint density at radius 1 is 1.42 bits per heavy atom. The maximum absolute atomic E-state index is 5.62. The fourth-order valence-electron chi connectivity index (χ4n) is 3.23. The van der Waals surface area contributed by atoms with Crippen LogP contribution in [-0.4, -0.2) is 31.1 Å². The van der Waals surface area contributed by atoms with E-state index in [2.05, 4.69) is 11.9 Å². The van der Waals surface area contributed by atoms with E-state index >= 15 is 0 Å². The first-order valence-corrected chi connectivity index (χ1v) is 5.23.